The Morgan fingerprint density at radius 1 is 1.35 bits per heavy atom. The predicted molar refractivity (Wildman–Crippen MR) is 71.4 cm³/mol. The Balaban J connectivity index is 2.52. The maximum Gasteiger partial charge on any atom is 0.188 e. The zero-order valence-electron chi connectivity index (χ0n) is 10.7. The normalized spacial score (nSPS) is 12.7. The van der Waals surface area contributed by atoms with Crippen molar-refractivity contribution in [2.45, 2.75) is 38.4 Å². The van der Waals surface area contributed by atoms with Gasteiger partial charge in [-0.25, -0.2) is 9.97 Å². The van der Waals surface area contributed by atoms with Crippen LogP contribution in [0.3, 0.4) is 0 Å². The minimum atomic E-state index is 0.214. The summed E-state index contributed by atoms with van der Waals surface area (Å²) in [5, 5.41) is 13.1. The number of aryl methyl sites for hydroxylation is 2. The largest absolute Gasteiger partial charge is 0.396 e. The Labute approximate surface area is 107 Å². The molecule has 0 spiro atoms. The van der Waals surface area contributed by atoms with Crippen LogP contribution in [0.2, 0.25) is 0 Å². The highest BCUT2D eigenvalue weighted by molar-refractivity contribution is 7.99. The molecule has 0 saturated heterocycles. The molecule has 0 bridgehead atoms. The summed E-state index contributed by atoms with van der Waals surface area (Å²) in [6.45, 7) is 7.16. The quantitative estimate of drug-likeness (QED) is 0.572. The van der Waals surface area contributed by atoms with Crippen LogP contribution in [0, 0.1) is 13.8 Å². The van der Waals surface area contributed by atoms with E-state index in [2.05, 4.69) is 22.2 Å². The van der Waals surface area contributed by atoms with Crippen molar-refractivity contribution in [3.8, 4) is 0 Å². The molecule has 1 unspecified atom stereocenters. The number of aromatic nitrogens is 2. The average Bonchev–Trinajstić information content (AvgIpc) is 2.25. The fourth-order valence-corrected chi connectivity index (χ4v) is 2.67. The van der Waals surface area contributed by atoms with Gasteiger partial charge in [-0.1, -0.05) is 18.7 Å². The molecular weight excluding hydrogens is 234 g/mol. The summed E-state index contributed by atoms with van der Waals surface area (Å²) in [5.74, 6) is 0.886. The van der Waals surface area contributed by atoms with Crippen LogP contribution in [0.5, 0.6) is 0 Å². The first kappa shape index (κ1) is 14.4. The van der Waals surface area contributed by atoms with Crippen LogP contribution in [0.4, 0.5) is 0 Å². The Kier molecular flexibility index (Phi) is 6.47. The standard InChI is InChI=1S/C12H21N3OS/c1-4-13-11(5-6-16)8-17-12-14-9(2)7-10(3)15-12/h7,11,13,16H,4-6,8H2,1-3H3. The maximum atomic E-state index is 8.97. The van der Waals surface area contributed by atoms with Gasteiger partial charge in [0.15, 0.2) is 5.16 Å². The molecule has 1 aromatic heterocycles. The number of hydrogen-bond donors (Lipinski definition) is 2. The lowest BCUT2D eigenvalue weighted by Crippen LogP contribution is -2.32. The maximum absolute atomic E-state index is 8.97. The third kappa shape index (κ3) is 5.48. The zero-order chi connectivity index (χ0) is 12.7. The van der Waals surface area contributed by atoms with Crippen molar-refractivity contribution in [2.24, 2.45) is 0 Å². The van der Waals surface area contributed by atoms with E-state index in [1.54, 1.807) is 11.8 Å². The molecule has 4 nitrogen and oxygen atoms in total. The molecule has 0 saturated carbocycles. The lowest BCUT2D eigenvalue weighted by atomic mass is 10.2. The van der Waals surface area contributed by atoms with Crippen LogP contribution >= 0.6 is 11.8 Å². The molecule has 0 aliphatic rings. The van der Waals surface area contributed by atoms with E-state index < -0.39 is 0 Å². The van der Waals surface area contributed by atoms with Gasteiger partial charge in [-0.3, -0.25) is 0 Å². The Morgan fingerprint density at radius 2 is 2.00 bits per heavy atom. The van der Waals surface area contributed by atoms with Crippen molar-refractivity contribution in [2.75, 3.05) is 18.9 Å². The summed E-state index contributed by atoms with van der Waals surface area (Å²) in [4.78, 5) is 8.78. The molecule has 0 aromatic carbocycles. The minimum absolute atomic E-state index is 0.214. The second-order valence-corrected chi connectivity index (χ2v) is 5.00. The van der Waals surface area contributed by atoms with Crippen LogP contribution in [-0.2, 0) is 0 Å². The highest BCUT2D eigenvalue weighted by Gasteiger charge is 2.09. The first-order valence-corrected chi connectivity index (χ1v) is 6.93. The highest BCUT2D eigenvalue weighted by atomic mass is 32.2. The van der Waals surface area contributed by atoms with Crippen molar-refractivity contribution >= 4 is 11.8 Å². The molecule has 0 aliphatic carbocycles. The van der Waals surface area contributed by atoms with Gasteiger partial charge in [-0.2, -0.15) is 0 Å². The third-order valence-electron chi connectivity index (χ3n) is 2.35. The van der Waals surface area contributed by atoms with Crippen molar-refractivity contribution in [3.05, 3.63) is 17.5 Å². The van der Waals surface area contributed by atoms with E-state index in [9.17, 15) is 0 Å². The fraction of sp³-hybridized carbons (Fsp3) is 0.667. The van der Waals surface area contributed by atoms with Crippen molar-refractivity contribution in [3.63, 3.8) is 0 Å². The zero-order valence-corrected chi connectivity index (χ0v) is 11.5. The molecule has 2 N–H and O–H groups in total. The van der Waals surface area contributed by atoms with Gasteiger partial charge in [0.2, 0.25) is 0 Å². The van der Waals surface area contributed by atoms with Crippen LogP contribution in [0.15, 0.2) is 11.2 Å². The number of rotatable bonds is 7. The van der Waals surface area contributed by atoms with Gasteiger partial charge in [0, 0.05) is 29.8 Å². The van der Waals surface area contributed by atoms with Gasteiger partial charge in [-0.15, -0.1) is 0 Å². The molecule has 5 heteroatoms. The van der Waals surface area contributed by atoms with Gasteiger partial charge in [0.05, 0.1) is 0 Å². The minimum Gasteiger partial charge on any atom is -0.396 e. The molecule has 96 valence electrons. The molecule has 0 radical (unpaired) electrons. The van der Waals surface area contributed by atoms with E-state index in [0.717, 1.165) is 35.3 Å². The molecule has 1 atom stereocenters. The molecule has 1 aromatic rings. The number of hydrogen-bond acceptors (Lipinski definition) is 5. The molecule has 0 aliphatic heterocycles. The first-order valence-electron chi connectivity index (χ1n) is 5.95. The SMILES string of the molecule is CCNC(CCO)CSc1nc(C)cc(C)n1. The van der Waals surface area contributed by atoms with E-state index in [4.69, 9.17) is 5.11 Å². The van der Waals surface area contributed by atoms with Gasteiger partial charge in [0.1, 0.15) is 0 Å². The molecular formula is C12H21N3OS. The third-order valence-corrected chi connectivity index (χ3v) is 3.36. The summed E-state index contributed by atoms with van der Waals surface area (Å²) in [7, 11) is 0. The van der Waals surface area contributed by atoms with E-state index >= 15 is 0 Å². The van der Waals surface area contributed by atoms with Crippen molar-refractivity contribution in [1.82, 2.24) is 15.3 Å². The molecule has 0 fully saturated rings. The lowest BCUT2D eigenvalue weighted by Gasteiger charge is -2.15. The monoisotopic (exact) mass is 255 g/mol. The van der Waals surface area contributed by atoms with Gasteiger partial charge >= 0.3 is 0 Å². The second kappa shape index (κ2) is 7.63. The average molecular weight is 255 g/mol. The second-order valence-electron chi connectivity index (χ2n) is 4.01. The van der Waals surface area contributed by atoms with E-state index in [1.165, 1.54) is 0 Å². The van der Waals surface area contributed by atoms with Crippen molar-refractivity contribution < 1.29 is 5.11 Å². The smallest absolute Gasteiger partial charge is 0.188 e. The first-order chi connectivity index (χ1) is 8.15. The molecule has 0 amide bonds. The number of nitrogens with zero attached hydrogens (tertiary/aromatic N) is 2. The molecule has 17 heavy (non-hydrogen) atoms. The van der Waals surface area contributed by atoms with Crippen LogP contribution in [0.1, 0.15) is 24.7 Å². The van der Waals surface area contributed by atoms with Crippen LogP contribution < -0.4 is 5.32 Å². The van der Waals surface area contributed by atoms with E-state index in [0.29, 0.717) is 6.04 Å². The number of thioether (sulfide) groups is 1. The topological polar surface area (TPSA) is 58.0 Å². The molecule has 1 rings (SSSR count). The Bertz CT molecular complexity index is 320. The summed E-state index contributed by atoms with van der Waals surface area (Å²) < 4.78 is 0. The summed E-state index contributed by atoms with van der Waals surface area (Å²) in [5.41, 5.74) is 2.00. The van der Waals surface area contributed by atoms with Gasteiger partial charge < -0.3 is 10.4 Å². The number of aliphatic hydroxyl groups is 1. The number of aliphatic hydroxyl groups excluding tert-OH is 1. The summed E-state index contributed by atoms with van der Waals surface area (Å²) in [6.07, 6.45) is 0.769. The fourth-order valence-electron chi connectivity index (χ4n) is 1.62. The molecule has 1 heterocycles. The Morgan fingerprint density at radius 3 is 2.53 bits per heavy atom. The van der Waals surface area contributed by atoms with Crippen molar-refractivity contribution in [1.29, 1.82) is 0 Å². The predicted octanol–water partition coefficient (Wildman–Crippen LogP) is 1.55. The summed E-state index contributed by atoms with van der Waals surface area (Å²) in [6, 6.07) is 2.29. The lowest BCUT2D eigenvalue weighted by molar-refractivity contribution is 0.271. The number of nitrogens with one attached hydrogen (secondary N) is 1. The van der Waals surface area contributed by atoms with E-state index in [1.807, 2.05) is 19.9 Å². The van der Waals surface area contributed by atoms with Crippen LogP contribution in [0.25, 0.3) is 0 Å². The van der Waals surface area contributed by atoms with E-state index in [-0.39, 0.29) is 6.61 Å². The van der Waals surface area contributed by atoms with Crippen LogP contribution in [-0.4, -0.2) is 40.0 Å². The van der Waals surface area contributed by atoms with Gasteiger partial charge in [-0.05, 0) is 32.9 Å². The Hall–Kier alpha value is -0.650. The summed E-state index contributed by atoms with van der Waals surface area (Å²) >= 11 is 1.64. The highest BCUT2D eigenvalue weighted by Crippen LogP contribution is 2.16. The van der Waals surface area contributed by atoms with Gasteiger partial charge in [0.25, 0.3) is 0 Å².